The van der Waals surface area contributed by atoms with E-state index in [4.69, 9.17) is 0 Å². The Bertz CT molecular complexity index is 421. The summed E-state index contributed by atoms with van der Waals surface area (Å²) in [7, 11) is 1.88. The van der Waals surface area contributed by atoms with Gasteiger partial charge in [0.1, 0.15) is 5.82 Å². The van der Waals surface area contributed by atoms with Crippen LogP contribution in [0.25, 0.3) is 0 Å². The summed E-state index contributed by atoms with van der Waals surface area (Å²) in [4.78, 5) is 1.93. The van der Waals surface area contributed by atoms with E-state index >= 15 is 0 Å². The maximum absolute atomic E-state index is 14.1. The summed E-state index contributed by atoms with van der Waals surface area (Å²) in [5, 5.41) is 12.7. The van der Waals surface area contributed by atoms with Crippen molar-refractivity contribution in [2.24, 2.45) is 0 Å². The Morgan fingerprint density at radius 3 is 2.58 bits per heavy atom. The first-order chi connectivity index (χ1) is 8.85. The molecule has 0 heterocycles. The third kappa shape index (κ3) is 3.45. The standard InChI is InChI=1S/C15H25FN2O/c1-6-17-11(2)14-12(16)8-7-9-13(14)18(5)15(3,4)10-19/h7-9,11,17,19H,6,10H2,1-5H3. The van der Waals surface area contributed by atoms with Gasteiger partial charge in [0.2, 0.25) is 0 Å². The van der Waals surface area contributed by atoms with E-state index in [2.05, 4.69) is 5.32 Å². The Morgan fingerprint density at radius 2 is 2.05 bits per heavy atom. The molecule has 0 saturated carbocycles. The van der Waals surface area contributed by atoms with Gasteiger partial charge in [0.15, 0.2) is 0 Å². The molecule has 0 radical (unpaired) electrons. The predicted molar refractivity (Wildman–Crippen MR) is 78.1 cm³/mol. The fourth-order valence-corrected chi connectivity index (χ4v) is 2.09. The number of nitrogens with one attached hydrogen (secondary N) is 1. The van der Waals surface area contributed by atoms with Gasteiger partial charge in [-0.1, -0.05) is 13.0 Å². The van der Waals surface area contributed by atoms with Gasteiger partial charge >= 0.3 is 0 Å². The minimum Gasteiger partial charge on any atom is -0.394 e. The molecule has 108 valence electrons. The highest BCUT2D eigenvalue weighted by Crippen LogP contribution is 2.31. The lowest BCUT2D eigenvalue weighted by atomic mass is 9.99. The second-order valence-electron chi connectivity index (χ2n) is 5.48. The quantitative estimate of drug-likeness (QED) is 0.832. The summed E-state index contributed by atoms with van der Waals surface area (Å²) >= 11 is 0. The highest BCUT2D eigenvalue weighted by molar-refractivity contribution is 5.56. The lowest BCUT2D eigenvalue weighted by Crippen LogP contribution is -2.45. The topological polar surface area (TPSA) is 35.5 Å². The zero-order valence-corrected chi connectivity index (χ0v) is 12.5. The molecule has 0 aliphatic carbocycles. The van der Waals surface area contributed by atoms with Gasteiger partial charge in [-0.05, 0) is 39.4 Å². The van der Waals surface area contributed by atoms with Gasteiger partial charge in [-0.25, -0.2) is 4.39 Å². The molecule has 1 unspecified atom stereocenters. The van der Waals surface area contributed by atoms with Crippen LogP contribution in [0.3, 0.4) is 0 Å². The fraction of sp³-hybridized carbons (Fsp3) is 0.600. The number of rotatable bonds is 6. The molecule has 0 aliphatic heterocycles. The van der Waals surface area contributed by atoms with Crippen molar-refractivity contribution >= 4 is 5.69 Å². The van der Waals surface area contributed by atoms with Crippen molar-refractivity contribution in [1.29, 1.82) is 0 Å². The number of hydrogen-bond donors (Lipinski definition) is 2. The first-order valence-electron chi connectivity index (χ1n) is 6.71. The zero-order valence-electron chi connectivity index (χ0n) is 12.5. The molecule has 0 aliphatic rings. The molecular weight excluding hydrogens is 243 g/mol. The number of benzene rings is 1. The Morgan fingerprint density at radius 1 is 1.42 bits per heavy atom. The number of nitrogens with zero attached hydrogens (tertiary/aromatic N) is 1. The third-order valence-corrected chi connectivity index (χ3v) is 3.63. The SMILES string of the molecule is CCNC(C)c1c(F)cccc1N(C)C(C)(C)CO. The van der Waals surface area contributed by atoms with Gasteiger partial charge in [0.05, 0.1) is 12.1 Å². The smallest absolute Gasteiger partial charge is 0.130 e. The van der Waals surface area contributed by atoms with Crippen LogP contribution in [0.5, 0.6) is 0 Å². The number of halogens is 1. The van der Waals surface area contributed by atoms with Gasteiger partial charge in [-0.3, -0.25) is 0 Å². The second-order valence-corrected chi connectivity index (χ2v) is 5.48. The van der Waals surface area contributed by atoms with Crippen LogP contribution in [0.1, 0.15) is 39.3 Å². The Kier molecular flexibility index (Phi) is 5.32. The van der Waals surface area contributed by atoms with Crippen molar-refractivity contribution in [3.05, 3.63) is 29.6 Å². The molecule has 4 heteroatoms. The molecule has 0 amide bonds. The van der Waals surface area contributed by atoms with E-state index in [1.54, 1.807) is 6.07 Å². The maximum Gasteiger partial charge on any atom is 0.130 e. The van der Waals surface area contributed by atoms with Crippen LogP contribution in [0.4, 0.5) is 10.1 Å². The molecule has 0 aromatic heterocycles. The molecule has 0 spiro atoms. The summed E-state index contributed by atoms with van der Waals surface area (Å²) in [6.45, 7) is 8.60. The average molecular weight is 268 g/mol. The number of anilines is 1. The summed E-state index contributed by atoms with van der Waals surface area (Å²) in [6, 6.07) is 5.01. The molecule has 19 heavy (non-hydrogen) atoms. The van der Waals surface area contributed by atoms with E-state index < -0.39 is 5.54 Å². The molecule has 1 rings (SSSR count). The van der Waals surface area contributed by atoms with Crippen LogP contribution in [0, 0.1) is 5.82 Å². The van der Waals surface area contributed by atoms with Crippen LogP contribution < -0.4 is 10.2 Å². The van der Waals surface area contributed by atoms with Crippen molar-refractivity contribution in [2.75, 3.05) is 25.1 Å². The van der Waals surface area contributed by atoms with Crippen LogP contribution in [0.2, 0.25) is 0 Å². The van der Waals surface area contributed by atoms with Crippen molar-refractivity contribution < 1.29 is 9.50 Å². The van der Waals surface area contributed by atoms with E-state index in [-0.39, 0.29) is 18.5 Å². The summed E-state index contributed by atoms with van der Waals surface area (Å²) in [5.74, 6) is -0.216. The van der Waals surface area contributed by atoms with Crippen molar-refractivity contribution in [3.8, 4) is 0 Å². The predicted octanol–water partition coefficient (Wildman–Crippen LogP) is 2.70. The maximum atomic E-state index is 14.1. The Labute approximate surface area is 115 Å². The second kappa shape index (κ2) is 6.35. The average Bonchev–Trinajstić information content (AvgIpc) is 2.37. The normalized spacial score (nSPS) is 13.4. The number of likely N-dealkylation sites (N-methyl/N-ethyl adjacent to an activating group) is 1. The first-order valence-corrected chi connectivity index (χ1v) is 6.71. The van der Waals surface area contributed by atoms with Gasteiger partial charge in [0, 0.05) is 24.3 Å². The van der Waals surface area contributed by atoms with Crippen LogP contribution in [-0.2, 0) is 0 Å². The van der Waals surface area contributed by atoms with E-state index in [0.29, 0.717) is 5.56 Å². The van der Waals surface area contributed by atoms with Crippen molar-refractivity contribution in [1.82, 2.24) is 5.32 Å². The lowest BCUT2D eigenvalue weighted by Gasteiger charge is -2.38. The minimum atomic E-state index is -0.436. The molecule has 3 nitrogen and oxygen atoms in total. The zero-order chi connectivity index (χ0) is 14.6. The van der Waals surface area contributed by atoms with Crippen LogP contribution in [0.15, 0.2) is 18.2 Å². The van der Waals surface area contributed by atoms with E-state index in [1.807, 2.05) is 45.7 Å². The van der Waals surface area contributed by atoms with Crippen molar-refractivity contribution in [2.45, 2.75) is 39.3 Å². The highest BCUT2D eigenvalue weighted by atomic mass is 19.1. The number of hydrogen-bond acceptors (Lipinski definition) is 3. The molecule has 1 atom stereocenters. The first kappa shape index (κ1) is 15.9. The van der Waals surface area contributed by atoms with Crippen LogP contribution in [-0.4, -0.2) is 30.8 Å². The lowest BCUT2D eigenvalue weighted by molar-refractivity contribution is 0.216. The van der Waals surface area contributed by atoms with Gasteiger partial charge in [-0.2, -0.15) is 0 Å². The van der Waals surface area contributed by atoms with E-state index in [9.17, 15) is 9.50 Å². The molecular formula is C15H25FN2O. The molecule has 2 N–H and O–H groups in total. The molecule has 1 aromatic rings. The highest BCUT2D eigenvalue weighted by Gasteiger charge is 2.27. The molecule has 1 aromatic carbocycles. The Hall–Kier alpha value is -1.13. The number of aliphatic hydroxyl groups excluding tert-OH is 1. The van der Waals surface area contributed by atoms with E-state index in [0.717, 1.165) is 12.2 Å². The summed E-state index contributed by atoms with van der Waals surface area (Å²) in [6.07, 6.45) is 0. The largest absolute Gasteiger partial charge is 0.394 e. The molecule has 0 bridgehead atoms. The molecule has 0 saturated heterocycles. The van der Waals surface area contributed by atoms with Gasteiger partial charge in [-0.15, -0.1) is 0 Å². The molecule has 0 fully saturated rings. The summed E-state index contributed by atoms with van der Waals surface area (Å²) < 4.78 is 14.1. The van der Waals surface area contributed by atoms with E-state index in [1.165, 1.54) is 6.07 Å². The monoisotopic (exact) mass is 268 g/mol. The summed E-state index contributed by atoms with van der Waals surface area (Å²) in [5.41, 5.74) is 1.02. The minimum absolute atomic E-state index is 0.00897. The van der Waals surface area contributed by atoms with Gasteiger partial charge in [0.25, 0.3) is 0 Å². The third-order valence-electron chi connectivity index (χ3n) is 3.63. The van der Waals surface area contributed by atoms with Crippen LogP contribution >= 0.6 is 0 Å². The van der Waals surface area contributed by atoms with Gasteiger partial charge < -0.3 is 15.3 Å². The van der Waals surface area contributed by atoms with Crippen molar-refractivity contribution in [3.63, 3.8) is 0 Å². The fourth-order valence-electron chi connectivity index (χ4n) is 2.09. The number of aliphatic hydroxyl groups is 1. The Balaban J connectivity index is 3.24.